The van der Waals surface area contributed by atoms with Crippen LogP contribution in [-0.4, -0.2) is 28.2 Å². The molecule has 0 bridgehead atoms. The molecular weight excluding hydrogens is 251 g/mol. The molecular formula is C13H13FN2O3. The molecule has 6 heteroatoms. The van der Waals surface area contributed by atoms with E-state index < -0.39 is 5.97 Å². The monoisotopic (exact) mass is 264 g/mol. The SMILES string of the molecule is COc1ccc(F)cc1CCc1[nH]cnc1C(=O)O. The second kappa shape index (κ2) is 5.51. The minimum Gasteiger partial charge on any atom is -0.496 e. The Morgan fingerprint density at radius 2 is 2.26 bits per heavy atom. The molecule has 0 fully saturated rings. The van der Waals surface area contributed by atoms with Crippen LogP contribution in [0.2, 0.25) is 0 Å². The summed E-state index contributed by atoms with van der Waals surface area (Å²) in [5.41, 5.74) is 1.20. The van der Waals surface area contributed by atoms with Crippen molar-refractivity contribution < 1.29 is 19.0 Å². The summed E-state index contributed by atoms with van der Waals surface area (Å²) in [7, 11) is 1.51. The molecule has 100 valence electrons. The molecule has 5 nitrogen and oxygen atoms in total. The van der Waals surface area contributed by atoms with E-state index in [1.807, 2.05) is 0 Å². The van der Waals surface area contributed by atoms with Crippen LogP contribution in [0.15, 0.2) is 24.5 Å². The average molecular weight is 264 g/mol. The Balaban J connectivity index is 2.16. The first kappa shape index (κ1) is 13.1. The Bertz CT molecular complexity index is 595. The smallest absolute Gasteiger partial charge is 0.356 e. The van der Waals surface area contributed by atoms with Gasteiger partial charge in [-0.05, 0) is 36.6 Å². The molecule has 0 saturated carbocycles. The van der Waals surface area contributed by atoms with Crippen LogP contribution in [0.5, 0.6) is 5.75 Å². The number of aryl methyl sites for hydroxylation is 2. The molecule has 0 aliphatic carbocycles. The lowest BCUT2D eigenvalue weighted by atomic mass is 10.1. The van der Waals surface area contributed by atoms with E-state index in [1.165, 1.54) is 25.6 Å². The molecule has 2 N–H and O–H groups in total. The van der Waals surface area contributed by atoms with Crippen LogP contribution in [0.1, 0.15) is 21.7 Å². The van der Waals surface area contributed by atoms with Gasteiger partial charge in [0.2, 0.25) is 0 Å². The average Bonchev–Trinajstić information content (AvgIpc) is 2.85. The minimum atomic E-state index is -1.08. The third-order valence-corrected chi connectivity index (χ3v) is 2.81. The lowest BCUT2D eigenvalue weighted by Gasteiger charge is -2.08. The zero-order valence-electron chi connectivity index (χ0n) is 10.3. The van der Waals surface area contributed by atoms with Gasteiger partial charge in [-0.3, -0.25) is 0 Å². The second-order valence-electron chi connectivity index (χ2n) is 3.99. The minimum absolute atomic E-state index is 0.00429. The number of aromatic amines is 1. The van der Waals surface area contributed by atoms with Crippen LogP contribution in [-0.2, 0) is 12.8 Å². The summed E-state index contributed by atoms with van der Waals surface area (Å²) in [6, 6.07) is 4.26. The molecule has 1 heterocycles. The topological polar surface area (TPSA) is 75.2 Å². The van der Waals surface area contributed by atoms with Gasteiger partial charge in [-0.25, -0.2) is 14.2 Å². The number of halogens is 1. The Kier molecular flexibility index (Phi) is 3.79. The predicted molar refractivity (Wildman–Crippen MR) is 65.9 cm³/mol. The van der Waals surface area contributed by atoms with Gasteiger partial charge in [0.25, 0.3) is 0 Å². The number of carboxylic acids is 1. The maximum atomic E-state index is 13.2. The van der Waals surface area contributed by atoms with E-state index in [-0.39, 0.29) is 11.5 Å². The lowest BCUT2D eigenvalue weighted by Crippen LogP contribution is -2.04. The number of aromatic carboxylic acids is 1. The van der Waals surface area contributed by atoms with Crippen molar-refractivity contribution >= 4 is 5.97 Å². The van der Waals surface area contributed by atoms with E-state index in [9.17, 15) is 9.18 Å². The molecule has 2 rings (SSSR count). The van der Waals surface area contributed by atoms with Crippen molar-refractivity contribution in [3.8, 4) is 5.75 Å². The molecule has 1 aromatic carbocycles. The number of carbonyl (C=O) groups is 1. The summed E-state index contributed by atoms with van der Waals surface area (Å²) in [5, 5.41) is 8.93. The molecule has 0 aliphatic rings. The lowest BCUT2D eigenvalue weighted by molar-refractivity contribution is 0.0690. The highest BCUT2D eigenvalue weighted by atomic mass is 19.1. The zero-order valence-corrected chi connectivity index (χ0v) is 10.3. The van der Waals surface area contributed by atoms with E-state index in [0.29, 0.717) is 29.8 Å². The molecule has 0 atom stereocenters. The van der Waals surface area contributed by atoms with Gasteiger partial charge < -0.3 is 14.8 Å². The summed E-state index contributed by atoms with van der Waals surface area (Å²) in [6.45, 7) is 0. The van der Waals surface area contributed by atoms with Gasteiger partial charge in [0.1, 0.15) is 11.6 Å². The Morgan fingerprint density at radius 1 is 1.47 bits per heavy atom. The molecule has 2 aromatic rings. The van der Waals surface area contributed by atoms with Crippen molar-refractivity contribution in [1.82, 2.24) is 9.97 Å². The number of hydrogen-bond acceptors (Lipinski definition) is 3. The number of imidazole rings is 1. The van der Waals surface area contributed by atoms with E-state index in [2.05, 4.69) is 9.97 Å². The normalized spacial score (nSPS) is 10.4. The summed E-state index contributed by atoms with van der Waals surface area (Å²) in [4.78, 5) is 17.4. The highest BCUT2D eigenvalue weighted by Crippen LogP contribution is 2.21. The molecule has 1 aromatic heterocycles. The number of methoxy groups -OCH3 is 1. The molecule has 0 saturated heterocycles. The van der Waals surface area contributed by atoms with Crippen molar-refractivity contribution in [2.45, 2.75) is 12.8 Å². The third-order valence-electron chi connectivity index (χ3n) is 2.81. The molecule has 19 heavy (non-hydrogen) atoms. The summed E-state index contributed by atoms with van der Waals surface area (Å²) >= 11 is 0. The number of hydrogen-bond donors (Lipinski definition) is 2. The van der Waals surface area contributed by atoms with Crippen LogP contribution in [0.4, 0.5) is 4.39 Å². The van der Waals surface area contributed by atoms with Gasteiger partial charge in [-0.15, -0.1) is 0 Å². The fourth-order valence-corrected chi connectivity index (χ4v) is 1.90. The molecule has 0 radical (unpaired) electrons. The maximum absolute atomic E-state index is 13.2. The quantitative estimate of drug-likeness (QED) is 0.866. The first-order valence-electron chi connectivity index (χ1n) is 5.69. The standard InChI is InChI=1S/C13H13FN2O3/c1-19-11-5-3-9(14)6-8(11)2-4-10-12(13(17)18)16-7-15-10/h3,5-7H,2,4H2,1H3,(H,15,16)(H,17,18). The second-order valence-corrected chi connectivity index (χ2v) is 3.99. The predicted octanol–water partition coefficient (Wildman–Crippen LogP) is 2.04. The number of carboxylic acid groups (broad SMARTS) is 1. The number of H-pyrrole nitrogens is 1. The maximum Gasteiger partial charge on any atom is 0.356 e. The number of rotatable bonds is 5. The Morgan fingerprint density at radius 3 is 2.95 bits per heavy atom. The van der Waals surface area contributed by atoms with Crippen molar-refractivity contribution in [3.05, 3.63) is 47.3 Å². The van der Waals surface area contributed by atoms with Crippen LogP contribution in [0.3, 0.4) is 0 Å². The highest BCUT2D eigenvalue weighted by molar-refractivity contribution is 5.86. The fraction of sp³-hybridized carbons (Fsp3) is 0.231. The van der Waals surface area contributed by atoms with E-state index in [4.69, 9.17) is 9.84 Å². The van der Waals surface area contributed by atoms with Gasteiger partial charge in [0.15, 0.2) is 5.69 Å². The van der Waals surface area contributed by atoms with Gasteiger partial charge in [-0.1, -0.05) is 0 Å². The van der Waals surface area contributed by atoms with Gasteiger partial charge >= 0.3 is 5.97 Å². The number of benzene rings is 1. The fourth-order valence-electron chi connectivity index (χ4n) is 1.90. The van der Waals surface area contributed by atoms with Gasteiger partial charge in [-0.2, -0.15) is 0 Å². The zero-order chi connectivity index (χ0) is 13.8. The van der Waals surface area contributed by atoms with Crippen molar-refractivity contribution in [1.29, 1.82) is 0 Å². The number of ether oxygens (including phenoxy) is 1. The number of aromatic nitrogens is 2. The first-order chi connectivity index (χ1) is 9.11. The summed E-state index contributed by atoms with van der Waals surface area (Å²) in [6.07, 6.45) is 2.21. The highest BCUT2D eigenvalue weighted by Gasteiger charge is 2.14. The van der Waals surface area contributed by atoms with Crippen LogP contribution < -0.4 is 4.74 Å². The molecule has 0 amide bonds. The summed E-state index contributed by atoms with van der Waals surface area (Å²) < 4.78 is 18.3. The van der Waals surface area contributed by atoms with Gasteiger partial charge in [0.05, 0.1) is 13.4 Å². The largest absolute Gasteiger partial charge is 0.496 e. The van der Waals surface area contributed by atoms with Crippen molar-refractivity contribution in [2.24, 2.45) is 0 Å². The van der Waals surface area contributed by atoms with Crippen LogP contribution in [0.25, 0.3) is 0 Å². The van der Waals surface area contributed by atoms with E-state index in [1.54, 1.807) is 6.07 Å². The van der Waals surface area contributed by atoms with Crippen molar-refractivity contribution in [2.75, 3.05) is 7.11 Å². The summed E-state index contributed by atoms with van der Waals surface area (Å²) in [5.74, 6) is -0.848. The molecule has 0 aliphatic heterocycles. The third kappa shape index (κ3) is 2.90. The van der Waals surface area contributed by atoms with Gasteiger partial charge in [0, 0.05) is 5.69 Å². The molecule has 0 spiro atoms. The number of nitrogens with one attached hydrogen (secondary N) is 1. The first-order valence-corrected chi connectivity index (χ1v) is 5.69. The number of nitrogens with zero attached hydrogens (tertiary/aromatic N) is 1. The van der Waals surface area contributed by atoms with Crippen molar-refractivity contribution in [3.63, 3.8) is 0 Å². The Labute approximate surface area is 109 Å². The van der Waals surface area contributed by atoms with E-state index >= 15 is 0 Å². The van der Waals surface area contributed by atoms with Crippen LogP contribution >= 0.6 is 0 Å². The van der Waals surface area contributed by atoms with E-state index in [0.717, 1.165) is 0 Å². The van der Waals surface area contributed by atoms with Crippen LogP contribution in [0, 0.1) is 5.82 Å². The Hall–Kier alpha value is -2.37. The molecule has 0 unspecified atom stereocenters.